The molecular formula is C24H18FN3O2. The fourth-order valence-corrected chi connectivity index (χ4v) is 4.08. The predicted molar refractivity (Wildman–Crippen MR) is 113 cm³/mol. The Morgan fingerprint density at radius 1 is 0.967 bits per heavy atom. The van der Waals surface area contributed by atoms with Crippen molar-refractivity contribution in [1.82, 2.24) is 9.88 Å². The fourth-order valence-electron chi connectivity index (χ4n) is 4.08. The molecule has 30 heavy (non-hydrogen) atoms. The number of benzene rings is 3. The minimum absolute atomic E-state index is 0.116. The van der Waals surface area contributed by atoms with Crippen molar-refractivity contribution in [1.29, 1.82) is 0 Å². The van der Waals surface area contributed by atoms with Crippen molar-refractivity contribution < 1.29 is 14.0 Å². The van der Waals surface area contributed by atoms with E-state index in [0.29, 0.717) is 11.3 Å². The summed E-state index contributed by atoms with van der Waals surface area (Å²) < 4.78 is 13.1. The third-order valence-electron chi connectivity index (χ3n) is 5.42. The molecular weight excluding hydrogens is 381 g/mol. The lowest BCUT2D eigenvalue weighted by molar-refractivity contribution is -0.117. The maximum atomic E-state index is 13.2. The van der Waals surface area contributed by atoms with Gasteiger partial charge in [-0.3, -0.25) is 9.59 Å². The Hall–Kier alpha value is -3.93. The monoisotopic (exact) mass is 399 g/mol. The molecule has 5 nitrogen and oxygen atoms in total. The Balaban J connectivity index is 1.50. The van der Waals surface area contributed by atoms with E-state index in [1.807, 2.05) is 48.7 Å². The van der Waals surface area contributed by atoms with E-state index in [1.165, 1.54) is 24.3 Å². The van der Waals surface area contributed by atoms with E-state index in [1.54, 1.807) is 11.0 Å². The normalized spacial score (nSPS) is 15.4. The summed E-state index contributed by atoms with van der Waals surface area (Å²) in [6.45, 7) is -0.116. The quantitative estimate of drug-likeness (QED) is 0.531. The number of hydrogen-bond donors (Lipinski definition) is 2. The second-order valence-electron chi connectivity index (χ2n) is 7.27. The molecule has 0 aliphatic carbocycles. The zero-order valence-corrected chi connectivity index (χ0v) is 15.9. The molecule has 1 aliphatic rings. The van der Waals surface area contributed by atoms with Crippen LogP contribution in [0.4, 0.5) is 10.1 Å². The molecule has 2 heterocycles. The van der Waals surface area contributed by atoms with Crippen LogP contribution in [0.25, 0.3) is 10.9 Å². The Morgan fingerprint density at radius 3 is 2.53 bits per heavy atom. The molecule has 6 heteroatoms. The highest BCUT2D eigenvalue weighted by Gasteiger charge is 2.39. The third kappa shape index (κ3) is 3.03. The van der Waals surface area contributed by atoms with Crippen LogP contribution in [-0.2, 0) is 4.79 Å². The number of para-hydroxylation sites is 1. The number of fused-ring (bicyclic) bond motifs is 2. The summed E-state index contributed by atoms with van der Waals surface area (Å²) in [6.07, 6.45) is 1.90. The molecule has 0 saturated heterocycles. The summed E-state index contributed by atoms with van der Waals surface area (Å²) in [5, 5.41) is 3.75. The van der Waals surface area contributed by atoms with Crippen LogP contribution < -0.4 is 5.32 Å². The number of anilines is 1. The number of aromatic amines is 1. The van der Waals surface area contributed by atoms with E-state index in [0.717, 1.165) is 22.0 Å². The van der Waals surface area contributed by atoms with Crippen LogP contribution in [0.2, 0.25) is 0 Å². The molecule has 148 valence electrons. The standard InChI is InChI=1S/C24H18FN3O2/c25-15-9-11-16(12-10-15)27-22(29)14-28-23(18-6-1-2-7-19(18)24(28)30)20-13-26-21-8-4-3-5-17(20)21/h1-13,23,26H,14H2,(H,27,29). The third-order valence-corrected chi connectivity index (χ3v) is 5.42. The predicted octanol–water partition coefficient (Wildman–Crippen LogP) is 4.49. The first-order valence-corrected chi connectivity index (χ1v) is 9.63. The van der Waals surface area contributed by atoms with E-state index in [4.69, 9.17) is 0 Å². The van der Waals surface area contributed by atoms with Gasteiger partial charge in [-0.1, -0.05) is 36.4 Å². The van der Waals surface area contributed by atoms with Crippen molar-refractivity contribution in [2.75, 3.05) is 11.9 Å². The molecule has 1 atom stereocenters. The lowest BCUT2D eigenvalue weighted by atomic mass is 9.97. The second-order valence-corrected chi connectivity index (χ2v) is 7.27. The van der Waals surface area contributed by atoms with Crippen LogP contribution in [0.5, 0.6) is 0 Å². The van der Waals surface area contributed by atoms with Crippen LogP contribution in [0.1, 0.15) is 27.5 Å². The molecule has 1 unspecified atom stereocenters. The fraction of sp³-hybridized carbons (Fsp3) is 0.0833. The van der Waals surface area contributed by atoms with Crippen molar-refractivity contribution in [2.24, 2.45) is 0 Å². The number of aromatic nitrogens is 1. The van der Waals surface area contributed by atoms with Crippen LogP contribution in [0.3, 0.4) is 0 Å². The number of nitrogens with zero attached hydrogens (tertiary/aromatic N) is 1. The number of rotatable bonds is 4. The molecule has 4 aromatic rings. The van der Waals surface area contributed by atoms with Crippen molar-refractivity contribution >= 4 is 28.4 Å². The van der Waals surface area contributed by atoms with Crippen LogP contribution >= 0.6 is 0 Å². The van der Waals surface area contributed by atoms with Crippen LogP contribution in [0.15, 0.2) is 79.0 Å². The molecule has 0 fully saturated rings. The zero-order valence-electron chi connectivity index (χ0n) is 15.9. The van der Waals surface area contributed by atoms with E-state index in [2.05, 4.69) is 10.3 Å². The Kier molecular flexibility index (Phi) is 4.32. The largest absolute Gasteiger partial charge is 0.361 e. The van der Waals surface area contributed by atoms with Crippen molar-refractivity contribution in [3.05, 3.63) is 102 Å². The number of carbonyl (C=O) groups is 2. The number of carbonyl (C=O) groups excluding carboxylic acids is 2. The summed E-state index contributed by atoms with van der Waals surface area (Å²) >= 11 is 0. The first-order valence-electron chi connectivity index (χ1n) is 9.63. The van der Waals surface area contributed by atoms with Gasteiger partial charge in [-0.05, 0) is 42.0 Å². The van der Waals surface area contributed by atoms with E-state index in [-0.39, 0.29) is 30.2 Å². The number of halogens is 1. The van der Waals surface area contributed by atoms with Gasteiger partial charge in [0.05, 0.1) is 6.04 Å². The van der Waals surface area contributed by atoms with Crippen molar-refractivity contribution in [3.8, 4) is 0 Å². The topological polar surface area (TPSA) is 65.2 Å². The lowest BCUT2D eigenvalue weighted by Gasteiger charge is -2.25. The van der Waals surface area contributed by atoms with Crippen LogP contribution in [0, 0.1) is 5.82 Å². The van der Waals surface area contributed by atoms with E-state index >= 15 is 0 Å². The number of amides is 2. The molecule has 0 saturated carbocycles. The SMILES string of the molecule is O=C(CN1C(=O)c2ccccc2C1c1c[nH]c2ccccc12)Nc1ccc(F)cc1. The highest BCUT2D eigenvalue weighted by molar-refractivity contribution is 6.04. The highest BCUT2D eigenvalue weighted by atomic mass is 19.1. The summed E-state index contributed by atoms with van der Waals surface area (Å²) in [7, 11) is 0. The van der Waals surface area contributed by atoms with Gasteiger partial charge in [-0.2, -0.15) is 0 Å². The number of H-pyrrole nitrogens is 1. The van der Waals surface area contributed by atoms with Crippen LogP contribution in [-0.4, -0.2) is 28.2 Å². The first kappa shape index (κ1) is 18.1. The van der Waals surface area contributed by atoms with Gasteiger partial charge in [0.15, 0.2) is 0 Å². The smallest absolute Gasteiger partial charge is 0.255 e. The molecule has 0 bridgehead atoms. The van der Waals surface area contributed by atoms with Gasteiger partial charge in [0.2, 0.25) is 5.91 Å². The Labute approximate surface area is 172 Å². The average Bonchev–Trinajstić information content (AvgIpc) is 3.29. The van der Waals surface area contributed by atoms with Gasteiger partial charge in [-0.15, -0.1) is 0 Å². The maximum Gasteiger partial charge on any atom is 0.255 e. The summed E-state index contributed by atoms with van der Waals surface area (Å²) in [4.78, 5) is 30.7. The Morgan fingerprint density at radius 2 is 1.70 bits per heavy atom. The van der Waals surface area contributed by atoms with E-state index in [9.17, 15) is 14.0 Å². The maximum absolute atomic E-state index is 13.2. The van der Waals surface area contributed by atoms with Gasteiger partial charge in [0.25, 0.3) is 5.91 Å². The van der Waals surface area contributed by atoms with Gasteiger partial charge < -0.3 is 15.2 Å². The van der Waals surface area contributed by atoms with Gasteiger partial charge in [-0.25, -0.2) is 4.39 Å². The Bertz CT molecular complexity index is 1260. The minimum atomic E-state index is -0.377. The van der Waals surface area contributed by atoms with Crippen molar-refractivity contribution in [2.45, 2.75) is 6.04 Å². The first-order chi connectivity index (χ1) is 14.6. The molecule has 0 radical (unpaired) electrons. The second kappa shape index (κ2) is 7.15. The number of hydrogen-bond acceptors (Lipinski definition) is 2. The molecule has 3 aromatic carbocycles. The molecule has 0 spiro atoms. The highest BCUT2D eigenvalue weighted by Crippen LogP contribution is 2.40. The van der Waals surface area contributed by atoms with E-state index < -0.39 is 0 Å². The summed E-state index contributed by atoms with van der Waals surface area (Å²) in [5.74, 6) is -0.902. The molecule has 2 N–H and O–H groups in total. The lowest BCUT2D eigenvalue weighted by Crippen LogP contribution is -2.36. The summed E-state index contributed by atoms with van der Waals surface area (Å²) in [5.41, 5.74) is 3.87. The average molecular weight is 399 g/mol. The molecule has 1 aliphatic heterocycles. The number of nitrogens with one attached hydrogen (secondary N) is 2. The molecule has 5 rings (SSSR count). The van der Waals surface area contributed by atoms with Gasteiger partial charge in [0, 0.05) is 33.9 Å². The van der Waals surface area contributed by atoms with Crippen molar-refractivity contribution in [3.63, 3.8) is 0 Å². The molecule has 2 amide bonds. The summed E-state index contributed by atoms with van der Waals surface area (Å²) in [6, 6.07) is 20.5. The molecule has 1 aromatic heterocycles. The minimum Gasteiger partial charge on any atom is -0.361 e. The zero-order chi connectivity index (χ0) is 20.7. The van der Waals surface area contributed by atoms with Gasteiger partial charge in [0.1, 0.15) is 12.4 Å². The van der Waals surface area contributed by atoms with Gasteiger partial charge >= 0.3 is 0 Å².